The molecule has 3 rings (SSSR count). The van der Waals surface area contributed by atoms with E-state index in [0.717, 1.165) is 36.5 Å². The highest BCUT2D eigenvalue weighted by Gasteiger charge is 2.53. The van der Waals surface area contributed by atoms with Crippen LogP contribution in [0.25, 0.3) is 10.9 Å². The van der Waals surface area contributed by atoms with Crippen molar-refractivity contribution in [2.45, 2.75) is 58.6 Å². The summed E-state index contributed by atoms with van der Waals surface area (Å²) >= 11 is 0. The molecule has 3 nitrogen and oxygen atoms in total. The predicted molar refractivity (Wildman–Crippen MR) is 83.1 cm³/mol. The summed E-state index contributed by atoms with van der Waals surface area (Å²) in [5, 5.41) is 14.0. The standard InChI is InChI=1S/C17H21F3N2O/c1-4-5-22-10(2)15(16(3,23)17(18,19)20)13-6-11-8-21-9-12(11)7-14(13)22/h6-7,21,23H,4-5,8-9H2,1-3H3. The van der Waals surface area contributed by atoms with Crippen LogP contribution in [0.1, 0.15) is 42.7 Å². The maximum absolute atomic E-state index is 13.4. The van der Waals surface area contributed by atoms with Gasteiger partial charge in [-0.2, -0.15) is 13.2 Å². The average Bonchev–Trinajstić information content (AvgIpc) is 2.99. The minimum atomic E-state index is -4.72. The first-order valence-corrected chi connectivity index (χ1v) is 7.83. The number of aliphatic hydroxyl groups is 1. The molecule has 0 bridgehead atoms. The fourth-order valence-electron chi connectivity index (χ4n) is 3.54. The minimum absolute atomic E-state index is 0.0249. The third-order valence-corrected chi connectivity index (χ3v) is 4.76. The van der Waals surface area contributed by atoms with Crippen LogP contribution in [0.5, 0.6) is 0 Å². The van der Waals surface area contributed by atoms with Crippen LogP contribution >= 0.6 is 0 Å². The summed E-state index contributed by atoms with van der Waals surface area (Å²) in [5.41, 5.74) is 0.486. The molecule has 0 saturated heterocycles. The van der Waals surface area contributed by atoms with Crippen LogP contribution in [0.4, 0.5) is 13.2 Å². The molecular weight excluding hydrogens is 305 g/mol. The van der Waals surface area contributed by atoms with Gasteiger partial charge in [0.25, 0.3) is 0 Å². The van der Waals surface area contributed by atoms with Crippen LogP contribution in [0.3, 0.4) is 0 Å². The first kappa shape index (κ1) is 16.3. The molecule has 2 heterocycles. The van der Waals surface area contributed by atoms with E-state index in [4.69, 9.17) is 0 Å². The van der Waals surface area contributed by atoms with E-state index >= 15 is 0 Å². The number of nitrogens with one attached hydrogen (secondary N) is 1. The molecule has 23 heavy (non-hydrogen) atoms. The highest BCUT2D eigenvalue weighted by atomic mass is 19.4. The Morgan fingerprint density at radius 3 is 2.39 bits per heavy atom. The van der Waals surface area contributed by atoms with Crippen LogP contribution in [-0.2, 0) is 25.2 Å². The fraction of sp³-hybridized carbons (Fsp3) is 0.529. The molecule has 0 saturated carbocycles. The quantitative estimate of drug-likeness (QED) is 0.902. The van der Waals surface area contributed by atoms with Crippen molar-refractivity contribution in [1.82, 2.24) is 9.88 Å². The van der Waals surface area contributed by atoms with E-state index in [2.05, 4.69) is 5.32 Å². The third kappa shape index (κ3) is 2.35. The number of fused-ring (bicyclic) bond motifs is 2. The monoisotopic (exact) mass is 326 g/mol. The van der Waals surface area contributed by atoms with E-state index in [-0.39, 0.29) is 5.56 Å². The van der Waals surface area contributed by atoms with Gasteiger partial charge in [-0.15, -0.1) is 0 Å². The zero-order chi connectivity index (χ0) is 17.0. The molecule has 126 valence electrons. The van der Waals surface area contributed by atoms with Crippen molar-refractivity contribution in [1.29, 1.82) is 0 Å². The number of halogens is 3. The van der Waals surface area contributed by atoms with Crippen molar-refractivity contribution >= 4 is 10.9 Å². The van der Waals surface area contributed by atoms with Gasteiger partial charge in [-0.25, -0.2) is 0 Å². The number of aromatic nitrogens is 1. The second-order valence-electron chi connectivity index (χ2n) is 6.42. The fourth-order valence-corrected chi connectivity index (χ4v) is 3.54. The van der Waals surface area contributed by atoms with Crippen LogP contribution < -0.4 is 5.32 Å². The highest BCUT2D eigenvalue weighted by molar-refractivity contribution is 5.88. The van der Waals surface area contributed by atoms with Gasteiger partial charge in [-0.1, -0.05) is 6.92 Å². The molecule has 1 unspecified atom stereocenters. The topological polar surface area (TPSA) is 37.2 Å². The van der Waals surface area contributed by atoms with E-state index < -0.39 is 11.8 Å². The molecule has 1 aromatic carbocycles. The molecule has 0 fully saturated rings. The Balaban J connectivity index is 2.35. The maximum atomic E-state index is 13.4. The Morgan fingerprint density at radius 1 is 1.22 bits per heavy atom. The second-order valence-corrected chi connectivity index (χ2v) is 6.42. The van der Waals surface area contributed by atoms with Gasteiger partial charge in [0.05, 0.1) is 0 Å². The molecule has 1 aliphatic rings. The molecule has 0 radical (unpaired) electrons. The first-order chi connectivity index (χ1) is 10.7. The van der Waals surface area contributed by atoms with Gasteiger partial charge in [0.1, 0.15) is 0 Å². The molecule has 1 aromatic heterocycles. The molecule has 1 atom stereocenters. The largest absolute Gasteiger partial charge is 0.421 e. The van der Waals surface area contributed by atoms with Crippen LogP contribution in [0.15, 0.2) is 12.1 Å². The number of hydrogen-bond acceptors (Lipinski definition) is 2. The van der Waals surface area contributed by atoms with Crippen LogP contribution in [0, 0.1) is 6.92 Å². The number of rotatable bonds is 3. The van der Waals surface area contributed by atoms with Crippen molar-refractivity contribution in [2.24, 2.45) is 0 Å². The van der Waals surface area contributed by atoms with Crippen molar-refractivity contribution in [3.05, 3.63) is 34.5 Å². The smallest absolute Gasteiger partial charge is 0.376 e. The molecule has 2 N–H and O–H groups in total. The van der Waals surface area contributed by atoms with Gasteiger partial charge in [0.15, 0.2) is 5.60 Å². The predicted octanol–water partition coefficient (Wildman–Crippen LogP) is 3.73. The lowest BCUT2D eigenvalue weighted by atomic mass is 9.91. The summed E-state index contributed by atoms with van der Waals surface area (Å²) in [6, 6.07) is 3.77. The normalized spacial score (nSPS) is 17.5. The van der Waals surface area contributed by atoms with Gasteiger partial charge in [0, 0.05) is 41.8 Å². The Morgan fingerprint density at radius 2 is 1.83 bits per heavy atom. The van der Waals surface area contributed by atoms with Crippen molar-refractivity contribution < 1.29 is 18.3 Å². The molecular formula is C17H21F3N2O. The number of benzene rings is 1. The van der Waals surface area contributed by atoms with Gasteiger partial charge in [-0.3, -0.25) is 0 Å². The zero-order valence-corrected chi connectivity index (χ0v) is 13.5. The summed E-state index contributed by atoms with van der Waals surface area (Å²) < 4.78 is 42.2. The van der Waals surface area contributed by atoms with Crippen LogP contribution in [0.2, 0.25) is 0 Å². The molecule has 1 aliphatic heterocycles. The molecule has 0 aliphatic carbocycles. The maximum Gasteiger partial charge on any atom is 0.421 e. The summed E-state index contributed by atoms with van der Waals surface area (Å²) in [6.45, 7) is 6.50. The molecule has 0 spiro atoms. The van der Waals surface area contributed by atoms with Gasteiger partial charge < -0.3 is 15.0 Å². The van der Waals surface area contributed by atoms with Crippen LogP contribution in [-0.4, -0.2) is 15.8 Å². The summed E-state index contributed by atoms with van der Waals surface area (Å²) in [5.74, 6) is 0. The average molecular weight is 326 g/mol. The lowest BCUT2D eigenvalue weighted by molar-refractivity contribution is -0.258. The van der Waals surface area contributed by atoms with Crippen molar-refractivity contribution in [3.8, 4) is 0 Å². The lowest BCUT2D eigenvalue weighted by Crippen LogP contribution is -2.39. The lowest BCUT2D eigenvalue weighted by Gasteiger charge is -2.27. The highest BCUT2D eigenvalue weighted by Crippen LogP contribution is 2.44. The van der Waals surface area contributed by atoms with E-state index in [9.17, 15) is 18.3 Å². The first-order valence-electron chi connectivity index (χ1n) is 7.83. The zero-order valence-electron chi connectivity index (χ0n) is 13.5. The number of aryl methyl sites for hydroxylation is 1. The number of alkyl halides is 3. The Labute approximate surface area is 133 Å². The van der Waals surface area contributed by atoms with E-state index in [1.54, 1.807) is 13.0 Å². The number of hydrogen-bond donors (Lipinski definition) is 2. The summed E-state index contributed by atoms with van der Waals surface area (Å²) in [4.78, 5) is 0. The summed E-state index contributed by atoms with van der Waals surface area (Å²) in [6.07, 6.45) is -3.91. The molecule has 2 aromatic rings. The third-order valence-electron chi connectivity index (χ3n) is 4.76. The van der Waals surface area contributed by atoms with Gasteiger partial charge in [-0.05, 0) is 43.5 Å². The molecule has 0 amide bonds. The Kier molecular flexibility index (Phi) is 3.72. The van der Waals surface area contributed by atoms with Gasteiger partial charge >= 0.3 is 6.18 Å². The second kappa shape index (κ2) is 5.24. The number of nitrogens with zero attached hydrogens (tertiary/aromatic N) is 1. The van der Waals surface area contributed by atoms with E-state index in [1.807, 2.05) is 17.6 Å². The van der Waals surface area contributed by atoms with E-state index in [0.29, 0.717) is 24.2 Å². The van der Waals surface area contributed by atoms with Crippen molar-refractivity contribution in [2.75, 3.05) is 0 Å². The van der Waals surface area contributed by atoms with Crippen molar-refractivity contribution in [3.63, 3.8) is 0 Å². The Hall–Kier alpha value is -1.53. The SMILES string of the molecule is CCCn1c(C)c(C(C)(O)C(F)(F)F)c2cc3c(cc21)CNC3. The molecule has 6 heteroatoms. The Bertz CT molecular complexity index is 760. The minimum Gasteiger partial charge on any atom is -0.376 e. The summed E-state index contributed by atoms with van der Waals surface area (Å²) in [7, 11) is 0. The van der Waals surface area contributed by atoms with E-state index in [1.165, 1.54) is 0 Å². The van der Waals surface area contributed by atoms with Gasteiger partial charge in [0.2, 0.25) is 0 Å².